The van der Waals surface area contributed by atoms with E-state index < -0.39 is 0 Å². The molecule has 0 saturated heterocycles. The van der Waals surface area contributed by atoms with Gasteiger partial charge in [0.1, 0.15) is 5.76 Å². The van der Waals surface area contributed by atoms with Gasteiger partial charge in [0.15, 0.2) is 0 Å². The maximum Gasteiger partial charge on any atom is 0.133 e. The van der Waals surface area contributed by atoms with Crippen LogP contribution in [0.25, 0.3) is 22.2 Å². The summed E-state index contributed by atoms with van der Waals surface area (Å²) in [7, 11) is 2.07. The highest BCUT2D eigenvalue weighted by Gasteiger charge is 2.06. The van der Waals surface area contributed by atoms with E-state index in [2.05, 4.69) is 42.9 Å². The summed E-state index contributed by atoms with van der Waals surface area (Å²) in [5.74, 6) is 0.917. The first-order chi connectivity index (χ1) is 7.75. The van der Waals surface area contributed by atoms with Crippen molar-refractivity contribution in [3.63, 3.8) is 0 Å². The molecular weight excluding hydrogens is 198 g/mol. The molecule has 3 aromatic rings. The molecule has 0 aliphatic rings. The average Bonchev–Trinajstić information content (AvgIpc) is 2.88. The molecule has 0 fully saturated rings. The molecule has 0 saturated carbocycles. The van der Waals surface area contributed by atoms with Crippen LogP contribution in [0.3, 0.4) is 0 Å². The van der Waals surface area contributed by atoms with Gasteiger partial charge >= 0.3 is 0 Å². The number of aromatic nitrogens is 1. The molecule has 2 aromatic heterocycles. The monoisotopic (exact) mass is 211 g/mol. The summed E-state index contributed by atoms with van der Waals surface area (Å²) in [5.41, 5.74) is 3.67. The fourth-order valence-electron chi connectivity index (χ4n) is 2.18. The fraction of sp³-hybridized carbons (Fsp3) is 0.143. The molecule has 1 aromatic carbocycles. The van der Waals surface area contributed by atoms with Gasteiger partial charge in [0.2, 0.25) is 0 Å². The minimum Gasteiger partial charge on any atom is -0.464 e. The second-order valence-corrected chi connectivity index (χ2v) is 4.13. The van der Waals surface area contributed by atoms with Gasteiger partial charge in [-0.05, 0) is 30.7 Å². The van der Waals surface area contributed by atoms with Crippen LogP contribution in [-0.4, -0.2) is 4.57 Å². The second-order valence-electron chi connectivity index (χ2n) is 4.13. The third-order valence-electron chi connectivity index (χ3n) is 3.00. The number of fused-ring (bicyclic) bond motifs is 1. The van der Waals surface area contributed by atoms with E-state index in [1.54, 1.807) is 6.26 Å². The Kier molecular flexibility index (Phi) is 1.90. The van der Waals surface area contributed by atoms with Crippen molar-refractivity contribution in [1.29, 1.82) is 0 Å². The summed E-state index contributed by atoms with van der Waals surface area (Å²) >= 11 is 0. The van der Waals surface area contributed by atoms with Crippen molar-refractivity contribution in [2.24, 2.45) is 7.05 Å². The maximum atomic E-state index is 5.41. The molecule has 0 aliphatic heterocycles. The molecular formula is C14H13NO. The molecule has 3 rings (SSSR count). The fourth-order valence-corrected chi connectivity index (χ4v) is 2.18. The van der Waals surface area contributed by atoms with Crippen LogP contribution in [0.1, 0.15) is 5.56 Å². The second kappa shape index (κ2) is 3.27. The van der Waals surface area contributed by atoms with E-state index in [0.29, 0.717) is 0 Å². The topological polar surface area (TPSA) is 18.1 Å². The van der Waals surface area contributed by atoms with E-state index in [1.807, 2.05) is 12.1 Å². The third kappa shape index (κ3) is 1.27. The van der Waals surface area contributed by atoms with Crippen molar-refractivity contribution < 1.29 is 4.42 Å². The lowest BCUT2D eigenvalue weighted by molar-refractivity contribution is 0.582. The highest BCUT2D eigenvalue weighted by atomic mass is 16.3. The predicted molar refractivity (Wildman–Crippen MR) is 65.4 cm³/mol. The van der Waals surface area contributed by atoms with Crippen LogP contribution in [0.5, 0.6) is 0 Å². The van der Waals surface area contributed by atoms with Crippen LogP contribution in [0, 0.1) is 6.92 Å². The van der Waals surface area contributed by atoms with Crippen molar-refractivity contribution in [2.75, 3.05) is 0 Å². The number of benzene rings is 1. The Morgan fingerprint density at radius 3 is 2.81 bits per heavy atom. The summed E-state index contributed by atoms with van der Waals surface area (Å²) < 4.78 is 7.56. The molecule has 2 heterocycles. The van der Waals surface area contributed by atoms with Crippen LogP contribution < -0.4 is 0 Å². The maximum absolute atomic E-state index is 5.41. The van der Waals surface area contributed by atoms with Gasteiger partial charge in [0.25, 0.3) is 0 Å². The van der Waals surface area contributed by atoms with Gasteiger partial charge in [0.05, 0.1) is 6.26 Å². The molecule has 0 aliphatic carbocycles. The number of hydrogen-bond donors (Lipinski definition) is 0. The minimum atomic E-state index is 0.917. The van der Waals surface area contributed by atoms with Gasteiger partial charge in [-0.1, -0.05) is 12.1 Å². The first-order valence-electron chi connectivity index (χ1n) is 5.35. The molecule has 2 heteroatoms. The Morgan fingerprint density at radius 1 is 1.19 bits per heavy atom. The summed E-state index contributed by atoms with van der Waals surface area (Å²) in [6.45, 7) is 2.13. The lowest BCUT2D eigenvalue weighted by atomic mass is 10.1. The number of nitrogens with zero attached hydrogens (tertiary/aromatic N) is 1. The van der Waals surface area contributed by atoms with E-state index in [-0.39, 0.29) is 0 Å². The number of furan rings is 1. The summed E-state index contributed by atoms with van der Waals surface area (Å²) in [6, 6.07) is 10.3. The summed E-state index contributed by atoms with van der Waals surface area (Å²) in [6.07, 6.45) is 3.85. The van der Waals surface area contributed by atoms with E-state index >= 15 is 0 Å². The van der Waals surface area contributed by atoms with E-state index in [9.17, 15) is 0 Å². The SMILES string of the molecule is Cc1cn(C)c2cc(-c3ccco3)ccc12. The Morgan fingerprint density at radius 2 is 2.06 bits per heavy atom. The van der Waals surface area contributed by atoms with Crippen molar-refractivity contribution in [1.82, 2.24) is 4.57 Å². The zero-order valence-corrected chi connectivity index (χ0v) is 9.40. The molecule has 0 spiro atoms. The standard InChI is InChI=1S/C14H13NO/c1-10-9-15(2)13-8-11(5-6-12(10)13)14-4-3-7-16-14/h3-9H,1-2H3. The predicted octanol–water partition coefficient (Wildman–Crippen LogP) is 3.75. The molecule has 0 atom stereocenters. The molecule has 16 heavy (non-hydrogen) atoms. The molecule has 0 bridgehead atoms. The number of aryl methyl sites for hydroxylation is 2. The number of hydrogen-bond acceptors (Lipinski definition) is 1. The summed E-state index contributed by atoms with van der Waals surface area (Å²) in [4.78, 5) is 0. The lowest BCUT2D eigenvalue weighted by Gasteiger charge is -2.00. The molecule has 0 unspecified atom stereocenters. The number of rotatable bonds is 1. The molecule has 0 amide bonds. The van der Waals surface area contributed by atoms with Crippen LogP contribution in [0.15, 0.2) is 47.2 Å². The van der Waals surface area contributed by atoms with Crippen molar-refractivity contribution in [2.45, 2.75) is 6.92 Å². The third-order valence-corrected chi connectivity index (χ3v) is 3.00. The first-order valence-corrected chi connectivity index (χ1v) is 5.35. The van der Waals surface area contributed by atoms with Gasteiger partial charge in [-0.2, -0.15) is 0 Å². The lowest BCUT2D eigenvalue weighted by Crippen LogP contribution is -1.84. The highest BCUT2D eigenvalue weighted by Crippen LogP contribution is 2.27. The van der Waals surface area contributed by atoms with Crippen molar-refractivity contribution in [3.05, 3.63) is 48.4 Å². The average molecular weight is 211 g/mol. The zero-order chi connectivity index (χ0) is 11.1. The molecule has 2 nitrogen and oxygen atoms in total. The van der Waals surface area contributed by atoms with Gasteiger partial charge in [0, 0.05) is 29.7 Å². The van der Waals surface area contributed by atoms with Gasteiger partial charge in [-0.15, -0.1) is 0 Å². The van der Waals surface area contributed by atoms with Crippen molar-refractivity contribution in [3.8, 4) is 11.3 Å². The molecule has 0 radical (unpaired) electrons. The molecule has 0 N–H and O–H groups in total. The Hall–Kier alpha value is -1.96. The Balaban J connectivity index is 2.27. The Bertz CT molecular complexity index is 632. The van der Waals surface area contributed by atoms with Gasteiger partial charge in [-0.25, -0.2) is 0 Å². The van der Waals surface area contributed by atoms with Gasteiger partial charge in [-0.3, -0.25) is 0 Å². The van der Waals surface area contributed by atoms with E-state index in [1.165, 1.54) is 16.5 Å². The summed E-state index contributed by atoms with van der Waals surface area (Å²) in [5, 5.41) is 1.30. The van der Waals surface area contributed by atoms with E-state index in [4.69, 9.17) is 4.42 Å². The largest absolute Gasteiger partial charge is 0.464 e. The first kappa shape index (κ1) is 9.28. The van der Waals surface area contributed by atoms with Crippen LogP contribution in [-0.2, 0) is 7.05 Å². The minimum absolute atomic E-state index is 0.917. The van der Waals surface area contributed by atoms with Crippen LogP contribution in [0.4, 0.5) is 0 Å². The smallest absolute Gasteiger partial charge is 0.133 e. The zero-order valence-electron chi connectivity index (χ0n) is 9.40. The van der Waals surface area contributed by atoms with Gasteiger partial charge < -0.3 is 8.98 Å². The van der Waals surface area contributed by atoms with Crippen LogP contribution in [0.2, 0.25) is 0 Å². The van der Waals surface area contributed by atoms with Crippen molar-refractivity contribution >= 4 is 10.9 Å². The van der Waals surface area contributed by atoms with E-state index in [0.717, 1.165) is 11.3 Å². The highest BCUT2D eigenvalue weighted by molar-refractivity contribution is 5.87. The Labute approximate surface area is 94.1 Å². The normalized spacial score (nSPS) is 11.1. The molecule has 80 valence electrons. The van der Waals surface area contributed by atoms with Crippen LogP contribution >= 0.6 is 0 Å². The quantitative estimate of drug-likeness (QED) is 0.599.